The van der Waals surface area contributed by atoms with Gasteiger partial charge in [-0.05, 0) is 42.0 Å². The number of aromatic amines is 1. The Balaban J connectivity index is 1.92. The first-order chi connectivity index (χ1) is 13.4. The average molecular weight is 412 g/mol. The van der Waals surface area contributed by atoms with Crippen LogP contribution in [0.4, 0.5) is 5.69 Å². The number of hydrogen-bond acceptors (Lipinski definition) is 6. The fourth-order valence-corrected chi connectivity index (χ4v) is 4.55. The number of para-hydroxylation sites is 1. The quantitative estimate of drug-likeness (QED) is 0.550. The molecule has 1 aliphatic heterocycles. The van der Waals surface area contributed by atoms with Crippen LogP contribution in [0.25, 0.3) is 0 Å². The molecule has 3 aromatic rings. The van der Waals surface area contributed by atoms with Crippen LogP contribution in [0.2, 0.25) is 0 Å². The highest BCUT2D eigenvalue weighted by Gasteiger charge is 2.26. The van der Waals surface area contributed by atoms with E-state index in [0.717, 1.165) is 16.1 Å². The SMILES string of the molecule is Cn1c(O)c(C2=Nc3ccccc3S[C@H](c3cccc(O)c3)C2)c(=O)[nH]c1=S. The van der Waals surface area contributed by atoms with Crippen molar-refractivity contribution in [2.75, 3.05) is 0 Å². The van der Waals surface area contributed by atoms with E-state index >= 15 is 0 Å². The van der Waals surface area contributed by atoms with E-state index in [0.29, 0.717) is 12.1 Å². The Morgan fingerprint density at radius 2 is 2.00 bits per heavy atom. The van der Waals surface area contributed by atoms with Crippen LogP contribution in [0.5, 0.6) is 11.6 Å². The molecule has 0 aliphatic carbocycles. The summed E-state index contributed by atoms with van der Waals surface area (Å²) in [6, 6.07) is 14.7. The van der Waals surface area contributed by atoms with Gasteiger partial charge in [-0.2, -0.15) is 0 Å². The third-order valence-electron chi connectivity index (χ3n) is 4.59. The van der Waals surface area contributed by atoms with Crippen molar-refractivity contribution in [3.05, 3.63) is 74.8 Å². The number of hydrogen-bond donors (Lipinski definition) is 3. The number of nitrogens with one attached hydrogen (secondary N) is 1. The fraction of sp³-hybridized carbons (Fsp3) is 0.150. The molecule has 0 saturated carbocycles. The molecule has 0 unspecified atom stereocenters. The normalized spacial score (nSPS) is 16.2. The molecule has 28 heavy (non-hydrogen) atoms. The van der Waals surface area contributed by atoms with Crippen molar-refractivity contribution in [3.63, 3.8) is 0 Å². The topological polar surface area (TPSA) is 90.6 Å². The van der Waals surface area contributed by atoms with Crippen molar-refractivity contribution in [1.82, 2.24) is 9.55 Å². The zero-order chi connectivity index (χ0) is 19.8. The number of phenolic OH excluding ortho intramolecular Hbond substituents is 1. The minimum Gasteiger partial charge on any atom is -0.508 e. The predicted molar refractivity (Wildman–Crippen MR) is 112 cm³/mol. The number of aromatic hydroxyl groups is 2. The van der Waals surface area contributed by atoms with Gasteiger partial charge in [0.25, 0.3) is 5.56 Å². The third-order valence-corrected chi connectivity index (χ3v) is 6.29. The van der Waals surface area contributed by atoms with E-state index in [1.54, 1.807) is 37.0 Å². The lowest BCUT2D eigenvalue weighted by molar-refractivity contribution is 0.419. The van der Waals surface area contributed by atoms with Gasteiger partial charge < -0.3 is 10.2 Å². The molecule has 2 heterocycles. The summed E-state index contributed by atoms with van der Waals surface area (Å²) in [5, 5.41) is 20.4. The zero-order valence-electron chi connectivity index (χ0n) is 14.9. The molecular weight excluding hydrogens is 394 g/mol. The van der Waals surface area contributed by atoms with Gasteiger partial charge in [-0.3, -0.25) is 19.3 Å². The fourth-order valence-electron chi connectivity index (χ4n) is 3.15. The number of rotatable bonds is 2. The molecule has 0 amide bonds. The summed E-state index contributed by atoms with van der Waals surface area (Å²) in [5.74, 6) is -0.0387. The molecule has 1 aliphatic rings. The number of aromatic nitrogens is 2. The predicted octanol–water partition coefficient (Wildman–Crippen LogP) is 4.21. The van der Waals surface area contributed by atoms with Crippen LogP contribution >= 0.6 is 24.0 Å². The minimum atomic E-state index is -0.474. The molecule has 3 N–H and O–H groups in total. The van der Waals surface area contributed by atoms with Crippen LogP contribution < -0.4 is 5.56 Å². The van der Waals surface area contributed by atoms with Crippen molar-refractivity contribution in [1.29, 1.82) is 0 Å². The van der Waals surface area contributed by atoms with Crippen LogP contribution in [0.15, 0.2) is 63.2 Å². The Bertz CT molecular complexity index is 1210. The second-order valence-corrected chi connectivity index (χ2v) is 8.08. The first-order valence-corrected chi connectivity index (χ1v) is 9.87. The first-order valence-electron chi connectivity index (χ1n) is 8.59. The van der Waals surface area contributed by atoms with Gasteiger partial charge in [-0.1, -0.05) is 24.3 Å². The minimum absolute atomic E-state index is 0.0956. The summed E-state index contributed by atoms with van der Waals surface area (Å²) in [7, 11) is 1.59. The van der Waals surface area contributed by atoms with Crippen LogP contribution in [-0.2, 0) is 7.05 Å². The summed E-state index contributed by atoms with van der Waals surface area (Å²) in [5.41, 5.74) is 1.75. The number of thioether (sulfide) groups is 1. The van der Waals surface area contributed by atoms with E-state index in [2.05, 4.69) is 4.98 Å². The van der Waals surface area contributed by atoms with Gasteiger partial charge in [-0.15, -0.1) is 11.8 Å². The van der Waals surface area contributed by atoms with E-state index < -0.39 is 5.56 Å². The van der Waals surface area contributed by atoms with Gasteiger partial charge in [0.1, 0.15) is 11.3 Å². The maximum atomic E-state index is 12.6. The largest absolute Gasteiger partial charge is 0.508 e. The Morgan fingerprint density at radius 3 is 2.79 bits per heavy atom. The summed E-state index contributed by atoms with van der Waals surface area (Å²) in [4.78, 5) is 20.9. The van der Waals surface area contributed by atoms with E-state index in [9.17, 15) is 15.0 Å². The third kappa shape index (κ3) is 3.36. The van der Waals surface area contributed by atoms with Crippen molar-refractivity contribution in [2.45, 2.75) is 16.6 Å². The van der Waals surface area contributed by atoms with E-state index in [-0.39, 0.29) is 27.2 Å². The maximum absolute atomic E-state index is 12.6. The van der Waals surface area contributed by atoms with Crippen LogP contribution in [0, 0.1) is 4.77 Å². The highest BCUT2D eigenvalue weighted by atomic mass is 32.2. The van der Waals surface area contributed by atoms with Gasteiger partial charge >= 0.3 is 0 Å². The number of aliphatic imine (C=N–C) groups is 1. The zero-order valence-corrected chi connectivity index (χ0v) is 16.5. The Morgan fingerprint density at radius 1 is 1.21 bits per heavy atom. The Hall–Kier alpha value is -2.84. The van der Waals surface area contributed by atoms with Gasteiger partial charge in [-0.25, -0.2) is 0 Å². The summed E-state index contributed by atoms with van der Waals surface area (Å²) >= 11 is 6.68. The van der Waals surface area contributed by atoms with Crippen LogP contribution in [-0.4, -0.2) is 25.5 Å². The molecule has 4 rings (SSSR count). The monoisotopic (exact) mass is 411 g/mol. The number of phenols is 1. The second-order valence-electron chi connectivity index (χ2n) is 6.45. The first kappa shape index (κ1) is 18.5. The highest BCUT2D eigenvalue weighted by Crippen LogP contribution is 2.46. The van der Waals surface area contributed by atoms with Gasteiger partial charge in [0.15, 0.2) is 4.77 Å². The van der Waals surface area contributed by atoms with Crippen LogP contribution in [0.3, 0.4) is 0 Å². The Labute approximate surface area is 170 Å². The lowest BCUT2D eigenvalue weighted by atomic mass is 10.0. The molecule has 0 bridgehead atoms. The number of H-pyrrole nitrogens is 1. The highest BCUT2D eigenvalue weighted by molar-refractivity contribution is 7.99. The van der Waals surface area contributed by atoms with E-state index in [4.69, 9.17) is 17.2 Å². The molecular formula is C20H17N3O3S2. The molecule has 0 saturated heterocycles. The van der Waals surface area contributed by atoms with Crippen LogP contribution in [0.1, 0.15) is 22.8 Å². The lowest BCUT2D eigenvalue weighted by Crippen LogP contribution is -2.23. The van der Waals surface area contributed by atoms with Crippen molar-refractivity contribution in [2.24, 2.45) is 12.0 Å². The van der Waals surface area contributed by atoms with Gasteiger partial charge in [0.05, 0.1) is 11.4 Å². The number of benzene rings is 2. The lowest BCUT2D eigenvalue weighted by Gasteiger charge is -2.17. The van der Waals surface area contributed by atoms with Crippen molar-refractivity contribution < 1.29 is 10.2 Å². The molecule has 1 atom stereocenters. The standard InChI is InChI=1S/C20H17N3O3S2/c1-23-19(26)17(18(25)22-20(23)27)14-10-16(11-5-4-6-12(24)9-11)28-15-8-3-2-7-13(15)21-14/h2-9,16,24,26H,10H2,1H3,(H,22,25,27)/t16-/m0/s1. The smallest absolute Gasteiger partial charge is 0.264 e. The van der Waals surface area contributed by atoms with Gasteiger partial charge in [0.2, 0.25) is 5.88 Å². The van der Waals surface area contributed by atoms with Gasteiger partial charge in [0, 0.05) is 23.6 Å². The average Bonchev–Trinajstić information content (AvgIpc) is 2.86. The van der Waals surface area contributed by atoms with Crippen molar-refractivity contribution >= 4 is 35.4 Å². The molecule has 1 aromatic heterocycles. The molecule has 6 nitrogen and oxygen atoms in total. The van der Waals surface area contributed by atoms with E-state index in [1.165, 1.54) is 4.57 Å². The number of nitrogens with zero attached hydrogens (tertiary/aromatic N) is 2. The second kappa shape index (κ2) is 7.29. The molecule has 8 heteroatoms. The molecule has 142 valence electrons. The Kier molecular flexibility index (Phi) is 4.82. The van der Waals surface area contributed by atoms with Crippen molar-refractivity contribution in [3.8, 4) is 11.6 Å². The summed E-state index contributed by atoms with van der Waals surface area (Å²) < 4.78 is 1.49. The van der Waals surface area contributed by atoms with E-state index in [1.807, 2.05) is 30.3 Å². The molecule has 0 fully saturated rings. The maximum Gasteiger partial charge on any atom is 0.264 e. The number of fused-ring (bicyclic) bond motifs is 1. The molecule has 0 radical (unpaired) electrons. The summed E-state index contributed by atoms with van der Waals surface area (Å²) in [6.07, 6.45) is 0.399. The summed E-state index contributed by atoms with van der Waals surface area (Å²) in [6.45, 7) is 0. The molecule has 0 spiro atoms. The molecule has 2 aromatic carbocycles.